The first-order valence-electron chi connectivity index (χ1n) is 6.63. The molecule has 1 N–H and O–H groups in total. The Hall–Kier alpha value is -1.55. The van der Waals surface area contributed by atoms with Crippen molar-refractivity contribution in [1.82, 2.24) is 5.32 Å². The Morgan fingerprint density at radius 1 is 1.32 bits per heavy atom. The van der Waals surface area contributed by atoms with Gasteiger partial charge in [0.15, 0.2) is 0 Å². The van der Waals surface area contributed by atoms with E-state index in [0.717, 1.165) is 17.9 Å². The predicted molar refractivity (Wildman–Crippen MR) is 75.2 cm³/mol. The minimum absolute atomic E-state index is 0.298. The molecule has 0 amide bonds. The van der Waals surface area contributed by atoms with Gasteiger partial charge in [0, 0.05) is 5.56 Å². The molecule has 0 aromatic heterocycles. The van der Waals surface area contributed by atoms with Crippen molar-refractivity contribution >= 4 is 5.97 Å². The highest BCUT2D eigenvalue weighted by Gasteiger charge is 2.24. The molecule has 1 aromatic rings. The molecule has 0 saturated heterocycles. The maximum atomic E-state index is 11.9. The molecule has 0 aliphatic heterocycles. The molecule has 1 unspecified atom stereocenters. The number of hydrogen-bond acceptors (Lipinski definition) is 4. The number of hydrogen-bond donors (Lipinski definition) is 1. The van der Waals surface area contributed by atoms with Crippen molar-refractivity contribution in [1.29, 1.82) is 0 Å². The Bertz CT molecular complexity index is 404. The molecular formula is C15H23NO3. The van der Waals surface area contributed by atoms with E-state index < -0.39 is 6.04 Å². The molecule has 106 valence electrons. The summed E-state index contributed by atoms with van der Waals surface area (Å²) < 4.78 is 10.4. The van der Waals surface area contributed by atoms with Gasteiger partial charge >= 0.3 is 5.97 Å². The summed E-state index contributed by atoms with van der Waals surface area (Å²) in [5.74, 6) is 0.871. The van der Waals surface area contributed by atoms with E-state index in [2.05, 4.69) is 19.2 Å². The lowest BCUT2D eigenvalue weighted by Gasteiger charge is -2.20. The first-order chi connectivity index (χ1) is 9.10. The molecule has 4 heteroatoms. The van der Waals surface area contributed by atoms with Crippen LogP contribution in [0, 0.1) is 5.92 Å². The Labute approximate surface area is 115 Å². The maximum Gasteiger partial charge on any atom is 0.327 e. The zero-order valence-corrected chi connectivity index (χ0v) is 12.1. The fourth-order valence-corrected chi connectivity index (χ4v) is 1.80. The minimum Gasteiger partial charge on any atom is -0.494 e. The van der Waals surface area contributed by atoms with Crippen LogP contribution >= 0.6 is 0 Å². The van der Waals surface area contributed by atoms with Gasteiger partial charge in [-0.2, -0.15) is 0 Å². The summed E-state index contributed by atoms with van der Waals surface area (Å²) in [5.41, 5.74) is 0.817. The van der Waals surface area contributed by atoms with Gasteiger partial charge in [-0.3, -0.25) is 0 Å². The number of ether oxygens (including phenoxy) is 2. The van der Waals surface area contributed by atoms with Crippen molar-refractivity contribution in [2.75, 3.05) is 20.3 Å². The summed E-state index contributed by atoms with van der Waals surface area (Å²) in [5, 5.41) is 3.23. The van der Waals surface area contributed by atoms with Crippen LogP contribution in [0.25, 0.3) is 0 Å². The minimum atomic E-state index is -0.491. The molecule has 1 aromatic carbocycles. The zero-order chi connectivity index (χ0) is 14.3. The Morgan fingerprint density at radius 3 is 2.58 bits per heavy atom. The predicted octanol–water partition coefficient (Wildman–Crippen LogP) is 2.55. The number of carbonyl (C=O) groups is 1. The van der Waals surface area contributed by atoms with Crippen molar-refractivity contribution in [3.8, 4) is 5.75 Å². The molecule has 0 aliphatic rings. The van der Waals surface area contributed by atoms with Gasteiger partial charge in [-0.1, -0.05) is 32.0 Å². The average molecular weight is 265 g/mol. The fraction of sp³-hybridized carbons (Fsp3) is 0.533. The number of nitrogens with one attached hydrogen (secondary N) is 1. The van der Waals surface area contributed by atoms with E-state index in [1.807, 2.05) is 31.2 Å². The number of methoxy groups -OCH3 is 1. The van der Waals surface area contributed by atoms with Crippen LogP contribution < -0.4 is 10.1 Å². The molecule has 0 fully saturated rings. The Morgan fingerprint density at radius 2 is 2.00 bits per heavy atom. The Kier molecular flexibility index (Phi) is 6.36. The first kappa shape index (κ1) is 15.5. The summed E-state index contributed by atoms with van der Waals surface area (Å²) in [6, 6.07) is 7.05. The lowest BCUT2D eigenvalue weighted by Crippen LogP contribution is -2.32. The van der Waals surface area contributed by atoms with Crippen molar-refractivity contribution in [3.05, 3.63) is 29.8 Å². The third-order valence-electron chi connectivity index (χ3n) is 2.70. The van der Waals surface area contributed by atoms with Crippen LogP contribution in [-0.4, -0.2) is 26.2 Å². The standard InChI is InChI=1S/C15H23NO3/c1-5-19-13-9-7-6-8-12(13)14(15(17)18-4)16-10-11(2)3/h6-9,11,14,16H,5,10H2,1-4H3. The molecule has 0 saturated carbocycles. The van der Waals surface area contributed by atoms with Crippen molar-refractivity contribution < 1.29 is 14.3 Å². The fourth-order valence-electron chi connectivity index (χ4n) is 1.80. The molecule has 0 bridgehead atoms. The molecule has 4 nitrogen and oxygen atoms in total. The molecule has 0 heterocycles. The van der Waals surface area contributed by atoms with E-state index in [1.165, 1.54) is 7.11 Å². The van der Waals surface area contributed by atoms with Crippen molar-refractivity contribution in [3.63, 3.8) is 0 Å². The molecule has 1 atom stereocenters. The van der Waals surface area contributed by atoms with Gasteiger partial charge < -0.3 is 14.8 Å². The van der Waals surface area contributed by atoms with E-state index in [0.29, 0.717) is 12.5 Å². The van der Waals surface area contributed by atoms with Gasteiger partial charge in [0.2, 0.25) is 0 Å². The van der Waals surface area contributed by atoms with Crippen LogP contribution in [0.2, 0.25) is 0 Å². The summed E-state index contributed by atoms with van der Waals surface area (Å²) in [6.07, 6.45) is 0. The number of rotatable bonds is 7. The lowest BCUT2D eigenvalue weighted by atomic mass is 10.0. The summed E-state index contributed by atoms with van der Waals surface area (Å²) in [6.45, 7) is 7.41. The SMILES string of the molecule is CCOc1ccccc1C(NCC(C)C)C(=O)OC. The van der Waals surface area contributed by atoms with E-state index in [9.17, 15) is 4.79 Å². The van der Waals surface area contributed by atoms with Gasteiger partial charge in [0.1, 0.15) is 11.8 Å². The average Bonchev–Trinajstić information content (AvgIpc) is 2.40. The summed E-state index contributed by atoms with van der Waals surface area (Å²) in [7, 11) is 1.40. The number of carbonyl (C=O) groups excluding carboxylic acids is 1. The van der Waals surface area contributed by atoms with Crippen LogP contribution in [0.1, 0.15) is 32.4 Å². The van der Waals surface area contributed by atoms with Crippen LogP contribution in [0.15, 0.2) is 24.3 Å². The summed E-state index contributed by atoms with van der Waals surface area (Å²) >= 11 is 0. The largest absolute Gasteiger partial charge is 0.494 e. The van der Waals surface area contributed by atoms with Gasteiger partial charge in [0.05, 0.1) is 13.7 Å². The zero-order valence-electron chi connectivity index (χ0n) is 12.1. The highest BCUT2D eigenvalue weighted by molar-refractivity contribution is 5.78. The van der Waals surface area contributed by atoms with E-state index in [-0.39, 0.29) is 5.97 Å². The van der Waals surface area contributed by atoms with Crippen LogP contribution in [0.3, 0.4) is 0 Å². The molecule has 1 rings (SSSR count). The molecule has 0 aliphatic carbocycles. The number of para-hydroxylation sites is 1. The summed E-state index contributed by atoms with van der Waals surface area (Å²) in [4.78, 5) is 11.9. The van der Waals surface area contributed by atoms with Crippen LogP contribution in [-0.2, 0) is 9.53 Å². The van der Waals surface area contributed by atoms with Crippen molar-refractivity contribution in [2.45, 2.75) is 26.8 Å². The smallest absolute Gasteiger partial charge is 0.327 e. The van der Waals surface area contributed by atoms with Crippen LogP contribution in [0.4, 0.5) is 0 Å². The van der Waals surface area contributed by atoms with Gasteiger partial charge in [0.25, 0.3) is 0 Å². The quantitative estimate of drug-likeness (QED) is 0.770. The molecule has 19 heavy (non-hydrogen) atoms. The highest BCUT2D eigenvalue weighted by Crippen LogP contribution is 2.26. The van der Waals surface area contributed by atoms with E-state index in [1.54, 1.807) is 0 Å². The monoisotopic (exact) mass is 265 g/mol. The van der Waals surface area contributed by atoms with Gasteiger partial charge in [-0.25, -0.2) is 4.79 Å². The maximum absolute atomic E-state index is 11.9. The molecule has 0 radical (unpaired) electrons. The Balaban J connectivity index is 2.99. The second-order valence-corrected chi connectivity index (χ2v) is 4.73. The van der Waals surface area contributed by atoms with Crippen molar-refractivity contribution in [2.24, 2.45) is 5.92 Å². The van der Waals surface area contributed by atoms with Crippen LogP contribution in [0.5, 0.6) is 5.75 Å². The van der Waals surface area contributed by atoms with Gasteiger partial charge in [-0.15, -0.1) is 0 Å². The highest BCUT2D eigenvalue weighted by atomic mass is 16.5. The lowest BCUT2D eigenvalue weighted by molar-refractivity contribution is -0.143. The van der Waals surface area contributed by atoms with E-state index in [4.69, 9.17) is 9.47 Å². The molecule has 0 spiro atoms. The van der Waals surface area contributed by atoms with Gasteiger partial charge in [-0.05, 0) is 25.5 Å². The molecular weight excluding hydrogens is 242 g/mol. The van der Waals surface area contributed by atoms with E-state index >= 15 is 0 Å². The second-order valence-electron chi connectivity index (χ2n) is 4.73. The third-order valence-corrected chi connectivity index (χ3v) is 2.70. The normalized spacial score (nSPS) is 12.3. The third kappa shape index (κ3) is 4.56. The second kappa shape index (κ2) is 7.79. The number of benzene rings is 1. The topological polar surface area (TPSA) is 47.6 Å². The first-order valence-corrected chi connectivity index (χ1v) is 6.63. The number of esters is 1.